The minimum absolute atomic E-state index is 0.0267. The predicted octanol–water partition coefficient (Wildman–Crippen LogP) is 5.30. The molecule has 0 aromatic heterocycles. The van der Waals surface area contributed by atoms with Gasteiger partial charge in [0.15, 0.2) is 0 Å². The van der Waals surface area contributed by atoms with E-state index in [0.29, 0.717) is 29.2 Å². The Morgan fingerprint density at radius 3 is 2.64 bits per heavy atom. The zero-order chi connectivity index (χ0) is 23.2. The lowest BCUT2D eigenvalue weighted by molar-refractivity contribution is 0.0734. The van der Waals surface area contributed by atoms with Gasteiger partial charge in [0, 0.05) is 11.6 Å². The topological polar surface area (TPSA) is 94.6 Å². The molecule has 0 spiro atoms. The predicted molar refractivity (Wildman–Crippen MR) is 124 cm³/mol. The molecule has 1 aliphatic heterocycles. The number of esters is 1. The second-order valence-corrected chi connectivity index (χ2v) is 7.65. The molecule has 0 aliphatic carbocycles. The van der Waals surface area contributed by atoms with Crippen molar-refractivity contribution in [2.45, 2.75) is 25.7 Å². The fraction of sp³-hybridized carbons (Fsp3) is 0.185. The summed E-state index contributed by atoms with van der Waals surface area (Å²) in [4.78, 5) is 12.4. The van der Waals surface area contributed by atoms with Gasteiger partial charge < -0.3 is 19.9 Å². The lowest BCUT2D eigenvalue weighted by Crippen LogP contribution is -2.21. The van der Waals surface area contributed by atoms with E-state index in [0.717, 1.165) is 29.7 Å². The smallest absolute Gasteiger partial charge is 0.343 e. The van der Waals surface area contributed by atoms with Crippen molar-refractivity contribution in [1.82, 2.24) is 0 Å². The minimum atomic E-state index is -0.471. The molecule has 1 atom stereocenters. The van der Waals surface area contributed by atoms with Crippen LogP contribution in [0.5, 0.6) is 17.2 Å². The normalized spacial score (nSPS) is 14.6. The Hall–Kier alpha value is -4.24. The number of hydrogen-bond donors (Lipinski definition) is 1. The lowest BCUT2D eigenvalue weighted by atomic mass is 9.83. The van der Waals surface area contributed by atoms with Crippen molar-refractivity contribution < 1.29 is 19.0 Å². The summed E-state index contributed by atoms with van der Waals surface area (Å²) in [5.74, 6) is 0.629. The molecule has 3 aromatic rings. The van der Waals surface area contributed by atoms with Gasteiger partial charge >= 0.3 is 5.97 Å². The number of allylic oxidation sites excluding steroid dienone is 1. The van der Waals surface area contributed by atoms with Crippen molar-refractivity contribution in [2.75, 3.05) is 6.61 Å². The third-order valence-corrected chi connectivity index (χ3v) is 5.37. The second-order valence-electron chi connectivity index (χ2n) is 7.65. The molecule has 1 aliphatic rings. The van der Waals surface area contributed by atoms with Crippen LogP contribution in [0.25, 0.3) is 0 Å². The van der Waals surface area contributed by atoms with Gasteiger partial charge in [-0.25, -0.2) is 4.79 Å². The Bertz CT molecular complexity index is 1230. The van der Waals surface area contributed by atoms with Gasteiger partial charge in [0.05, 0.1) is 18.1 Å². The molecule has 166 valence electrons. The van der Waals surface area contributed by atoms with Crippen molar-refractivity contribution in [3.8, 4) is 23.3 Å². The number of benzene rings is 3. The van der Waals surface area contributed by atoms with Crippen LogP contribution in [0.3, 0.4) is 0 Å². The van der Waals surface area contributed by atoms with Gasteiger partial charge in [0.2, 0.25) is 5.88 Å². The first kappa shape index (κ1) is 22.0. The Morgan fingerprint density at radius 2 is 1.88 bits per heavy atom. The quantitative estimate of drug-likeness (QED) is 0.304. The highest BCUT2D eigenvalue weighted by Gasteiger charge is 2.31. The summed E-state index contributed by atoms with van der Waals surface area (Å²) in [7, 11) is 0. The summed E-state index contributed by atoms with van der Waals surface area (Å²) in [5, 5.41) is 9.79. The van der Waals surface area contributed by atoms with Crippen LogP contribution in [0.2, 0.25) is 0 Å². The summed E-state index contributed by atoms with van der Waals surface area (Å²) in [6, 6.07) is 23.7. The van der Waals surface area contributed by atoms with Crippen LogP contribution in [-0.4, -0.2) is 12.6 Å². The molecule has 33 heavy (non-hydrogen) atoms. The van der Waals surface area contributed by atoms with Crippen molar-refractivity contribution in [2.24, 2.45) is 5.73 Å². The maximum Gasteiger partial charge on any atom is 0.343 e. The fourth-order valence-electron chi connectivity index (χ4n) is 3.70. The Morgan fingerprint density at radius 1 is 1.06 bits per heavy atom. The van der Waals surface area contributed by atoms with Gasteiger partial charge in [-0.15, -0.1) is 0 Å². The van der Waals surface area contributed by atoms with Crippen LogP contribution in [0.4, 0.5) is 0 Å². The first-order valence-electron chi connectivity index (χ1n) is 10.8. The molecule has 0 bridgehead atoms. The zero-order valence-corrected chi connectivity index (χ0v) is 18.3. The monoisotopic (exact) mass is 440 g/mol. The number of unbranched alkanes of at least 4 members (excludes halogenated alkanes) is 1. The number of carbonyl (C=O) groups is 1. The summed E-state index contributed by atoms with van der Waals surface area (Å²) < 4.78 is 17.1. The number of hydrogen-bond acceptors (Lipinski definition) is 6. The summed E-state index contributed by atoms with van der Waals surface area (Å²) in [6.45, 7) is 2.74. The van der Waals surface area contributed by atoms with Gasteiger partial charge in [-0.3, -0.25) is 0 Å². The maximum absolute atomic E-state index is 12.4. The first-order valence-corrected chi connectivity index (χ1v) is 10.8. The van der Waals surface area contributed by atoms with E-state index in [1.165, 1.54) is 0 Å². The van der Waals surface area contributed by atoms with E-state index in [1.54, 1.807) is 42.5 Å². The number of nitrogens with two attached hydrogens (primary N) is 1. The molecule has 0 saturated carbocycles. The summed E-state index contributed by atoms with van der Waals surface area (Å²) in [5.41, 5.74) is 8.49. The number of ether oxygens (including phenoxy) is 3. The van der Waals surface area contributed by atoms with E-state index >= 15 is 0 Å². The highest BCUT2D eigenvalue weighted by molar-refractivity contribution is 5.91. The van der Waals surface area contributed by atoms with Gasteiger partial charge in [-0.05, 0) is 42.3 Å². The highest BCUT2D eigenvalue weighted by atomic mass is 16.5. The van der Waals surface area contributed by atoms with Gasteiger partial charge in [0.1, 0.15) is 28.9 Å². The van der Waals surface area contributed by atoms with Crippen LogP contribution in [-0.2, 0) is 0 Å². The van der Waals surface area contributed by atoms with E-state index in [-0.39, 0.29) is 5.88 Å². The van der Waals surface area contributed by atoms with Crippen molar-refractivity contribution in [3.63, 3.8) is 0 Å². The molecule has 0 radical (unpaired) electrons. The second kappa shape index (κ2) is 9.92. The third kappa shape index (κ3) is 4.83. The van der Waals surface area contributed by atoms with Crippen molar-refractivity contribution in [3.05, 3.63) is 101 Å². The van der Waals surface area contributed by atoms with Crippen LogP contribution >= 0.6 is 0 Å². The maximum atomic E-state index is 12.4. The molecule has 6 nitrogen and oxygen atoms in total. The number of rotatable bonds is 7. The van der Waals surface area contributed by atoms with Gasteiger partial charge in [-0.1, -0.05) is 49.7 Å². The van der Waals surface area contributed by atoms with Crippen molar-refractivity contribution >= 4 is 5.97 Å². The van der Waals surface area contributed by atoms with Crippen LogP contribution in [0.15, 0.2) is 84.3 Å². The van der Waals surface area contributed by atoms with E-state index in [1.807, 2.05) is 30.3 Å². The molecule has 6 heteroatoms. The molecular weight excluding hydrogens is 416 g/mol. The molecule has 1 heterocycles. The van der Waals surface area contributed by atoms with Crippen LogP contribution in [0.1, 0.15) is 47.2 Å². The molecule has 1 unspecified atom stereocenters. The van der Waals surface area contributed by atoms with E-state index < -0.39 is 11.9 Å². The van der Waals surface area contributed by atoms with E-state index in [4.69, 9.17) is 19.9 Å². The first-order chi connectivity index (χ1) is 16.1. The largest absolute Gasteiger partial charge is 0.494 e. The lowest BCUT2D eigenvalue weighted by Gasteiger charge is -2.27. The number of nitriles is 1. The number of carbonyl (C=O) groups excluding carboxylic acids is 1. The number of fused-ring (bicyclic) bond motifs is 1. The average Bonchev–Trinajstić information content (AvgIpc) is 2.84. The standard InChI is InChI=1S/C27H24N2O4/c1-2-3-14-31-20-11-7-10-19(15-20)25-22-13-12-21(16-24(22)33-26(29)23(25)17-28)32-27(30)18-8-5-4-6-9-18/h4-13,15-16,25H,2-3,14,29H2,1H3. The third-order valence-electron chi connectivity index (χ3n) is 5.37. The Balaban J connectivity index is 1.65. The molecule has 0 fully saturated rings. The summed E-state index contributed by atoms with van der Waals surface area (Å²) in [6.07, 6.45) is 2.01. The van der Waals surface area contributed by atoms with Crippen LogP contribution in [0, 0.1) is 11.3 Å². The minimum Gasteiger partial charge on any atom is -0.494 e. The summed E-state index contributed by atoms with van der Waals surface area (Å²) >= 11 is 0. The Kier molecular flexibility index (Phi) is 6.61. The Labute approximate surface area is 192 Å². The molecule has 0 amide bonds. The molecule has 3 aromatic carbocycles. The zero-order valence-electron chi connectivity index (χ0n) is 18.3. The fourth-order valence-corrected chi connectivity index (χ4v) is 3.70. The molecule has 4 rings (SSSR count). The molecule has 2 N–H and O–H groups in total. The average molecular weight is 440 g/mol. The van der Waals surface area contributed by atoms with Gasteiger partial charge in [-0.2, -0.15) is 5.26 Å². The SMILES string of the molecule is CCCCOc1cccc(C2C(C#N)=C(N)Oc3cc(OC(=O)c4ccccc4)ccc32)c1. The van der Waals surface area contributed by atoms with E-state index in [9.17, 15) is 10.1 Å². The van der Waals surface area contributed by atoms with Crippen LogP contribution < -0.4 is 19.9 Å². The van der Waals surface area contributed by atoms with E-state index in [2.05, 4.69) is 13.0 Å². The van der Waals surface area contributed by atoms with Gasteiger partial charge in [0.25, 0.3) is 0 Å². The highest BCUT2D eigenvalue weighted by Crippen LogP contribution is 2.44. The van der Waals surface area contributed by atoms with Crippen molar-refractivity contribution in [1.29, 1.82) is 5.26 Å². The molecular formula is C27H24N2O4. The number of nitrogens with zero attached hydrogens (tertiary/aromatic N) is 1. The molecule has 0 saturated heterocycles.